The molecule has 0 aliphatic heterocycles. The summed E-state index contributed by atoms with van der Waals surface area (Å²) in [6.07, 6.45) is 2.69. The highest BCUT2D eigenvalue weighted by atomic mass is 35.5. The normalized spacial score (nSPS) is 11.2. The maximum Gasteiger partial charge on any atom is 0.111 e. The van der Waals surface area contributed by atoms with E-state index in [-0.39, 0.29) is 0 Å². The Morgan fingerprint density at radius 1 is 1.28 bits per heavy atom. The highest BCUT2D eigenvalue weighted by Gasteiger charge is 2.10. The van der Waals surface area contributed by atoms with Crippen molar-refractivity contribution in [1.29, 1.82) is 0 Å². The van der Waals surface area contributed by atoms with Crippen molar-refractivity contribution in [2.75, 3.05) is 5.88 Å². The number of rotatable bonds is 4. The molecule has 0 bridgehead atoms. The largest absolute Gasteiger partial charge is 0.323 e. The van der Waals surface area contributed by atoms with Gasteiger partial charge in [0.2, 0.25) is 0 Å². The lowest BCUT2D eigenvalue weighted by atomic mass is 10.3. The molecule has 18 heavy (non-hydrogen) atoms. The summed E-state index contributed by atoms with van der Waals surface area (Å²) in [7, 11) is 0. The number of aryl methyl sites for hydroxylation is 1. The van der Waals surface area contributed by atoms with Crippen LogP contribution in [-0.2, 0) is 13.0 Å². The van der Waals surface area contributed by atoms with Crippen molar-refractivity contribution in [3.63, 3.8) is 0 Å². The molecule has 0 fully saturated rings. The van der Waals surface area contributed by atoms with Gasteiger partial charge in [0.1, 0.15) is 5.82 Å². The fraction of sp³-hybridized carbons (Fsp3) is 0.231. The fourth-order valence-corrected chi connectivity index (χ4v) is 2.80. The van der Waals surface area contributed by atoms with Gasteiger partial charge in [-0.3, -0.25) is 4.98 Å². The Kier molecular flexibility index (Phi) is 3.30. The standard InChI is InChI=1S/C13H12ClN3S/c14-6-5-13-16-11-3-1-2-4-12(11)17(13)8-10-7-15-9-18-10/h1-4,7,9H,5-6,8H2. The van der Waals surface area contributed by atoms with Crippen molar-refractivity contribution < 1.29 is 0 Å². The summed E-state index contributed by atoms with van der Waals surface area (Å²) in [6.45, 7) is 0.817. The minimum Gasteiger partial charge on any atom is -0.323 e. The van der Waals surface area contributed by atoms with Crippen LogP contribution in [0.5, 0.6) is 0 Å². The first-order chi connectivity index (χ1) is 8.88. The number of para-hydroxylation sites is 2. The fourth-order valence-electron chi connectivity index (χ4n) is 2.05. The molecule has 0 unspecified atom stereocenters. The maximum atomic E-state index is 5.85. The number of hydrogen-bond donors (Lipinski definition) is 0. The van der Waals surface area contributed by atoms with Gasteiger partial charge in [0.15, 0.2) is 0 Å². The number of benzene rings is 1. The average Bonchev–Trinajstić information content (AvgIpc) is 3.00. The zero-order chi connectivity index (χ0) is 12.4. The number of fused-ring (bicyclic) bond motifs is 1. The first-order valence-corrected chi connectivity index (χ1v) is 7.17. The van der Waals surface area contributed by atoms with Gasteiger partial charge in [0.25, 0.3) is 0 Å². The summed E-state index contributed by atoms with van der Waals surface area (Å²) in [5.41, 5.74) is 4.04. The van der Waals surface area contributed by atoms with Gasteiger partial charge in [-0.2, -0.15) is 0 Å². The number of halogens is 1. The molecule has 0 spiro atoms. The third-order valence-electron chi connectivity index (χ3n) is 2.85. The van der Waals surface area contributed by atoms with Gasteiger partial charge in [-0.15, -0.1) is 22.9 Å². The van der Waals surface area contributed by atoms with Crippen LogP contribution in [0.1, 0.15) is 10.7 Å². The third-order valence-corrected chi connectivity index (χ3v) is 3.80. The number of thiazole rings is 1. The molecule has 1 aromatic carbocycles. The Labute approximate surface area is 114 Å². The van der Waals surface area contributed by atoms with E-state index in [2.05, 4.69) is 20.6 Å². The lowest BCUT2D eigenvalue weighted by molar-refractivity contribution is 0.762. The highest BCUT2D eigenvalue weighted by Crippen LogP contribution is 2.19. The predicted octanol–water partition coefficient (Wildman–Crippen LogP) is 3.32. The van der Waals surface area contributed by atoms with Gasteiger partial charge in [0.05, 0.1) is 23.1 Å². The van der Waals surface area contributed by atoms with Crippen molar-refractivity contribution in [3.8, 4) is 0 Å². The van der Waals surface area contributed by atoms with E-state index in [4.69, 9.17) is 11.6 Å². The van der Waals surface area contributed by atoms with Gasteiger partial charge in [-0.1, -0.05) is 12.1 Å². The molecule has 3 aromatic rings. The van der Waals surface area contributed by atoms with Crippen molar-refractivity contribution in [3.05, 3.63) is 46.7 Å². The van der Waals surface area contributed by atoms with Crippen molar-refractivity contribution in [2.45, 2.75) is 13.0 Å². The SMILES string of the molecule is ClCCc1nc2ccccc2n1Cc1cncs1. The summed E-state index contributed by atoms with van der Waals surface area (Å²) in [5.74, 6) is 1.63. The number of alkyl halides is 1. The van der Waals surface area contributed by atoms with Crippen molar-refractivity contribution in [2.24, 2.45) is 0 Å². The molecule has 0 aliphatic rings. The summed E-state index contributed by atoms with van der Waals surface area (Å²) in [4.78, 5) is 9.99. The first kappa shape index (κ1) is 11.7. The van der Waals surface area contributed by atoms with Crippen LogP contribution in [0.2, 0.25) is 0 Å². The van der Waals surface area contributed by atoms with Crippen LogP contribution in [0, 0.1) is 0 Å². The van der Waals surface area contributed by atoms with Crippen LogP contribution < -0.4 is 0 Å². The van der Waals surface area contributed by atoms with Gasteiger partial charge in [-0.25, -0.2) is 4.98 Å². The molecule has 2 aromatic heterocycles. The molecule has 3 rings (SSSR count). The Hall–Kier alpha value is -1.39. The van der Waals surface area contributed by atoms with E-state index in [9.17, 15) is 0 Å². The Balaban J connectivity index is 2.09. The van der Waals surface area contributed by atoms with Crippen LogP contribution >= 0.6 is 22.9 Å². The maximum absolute atomic E-state index is 5.85. The molecule has 3 nitrogen and oxygen atoms in total. The molecule has 0 atom stereocenters. The average molecular weight is 278 g/mol. The van der Waals surface area contributed by atoms with Gasteiger partial charge in [-0.05, 0) is 12.1 Å². The number of imidazole rings is 1. The predicted molar refractivity (Wildman–Crippen MR) is 75.4 cm³/mol. The van der Waals surface area contributed by atoms with E-state index in [1.54, 1.807) is 11.3 Å². The van der Waals surface area contributed by atoms with Crippen LogP contribution in [0.15, 0.2) is 36.0 Å². The molecule has 2 heterocycles. The Morgan fingerprint density at radius 3 is 2.94 bits per heavy atom. The van der Waals surface area contributed by atoms with Gasteiger partial charge < -0.3 is 4.57 Å². The van der Waals surface area contributed by atoms with E-state index in [1.807, 2.05) is 29.9 Å². The quantitative estimate of drug-likeness (QED) is 0.685. The van der Waals surface area contributed by atoms with Gasteiger partial charge >= 0.3 is 0 Å². The first-order valence-electron chi connectivity index (χ1n) is 5.76. The van der Waals surface area contributed by atoms with E-state index < -0.39 is 0 Å². The van der Waals surface area contributed by atoms with E-state index >= 15 is 0 Å². The van der Waals surface area contributed by atoms with E-state index in [0.29, 0.717) is 5.88 Å². The molecule has 0 radical (unpaired) electrons. The molecule has 5 heteroatoms. The van der Waals surface area contributed by atoms with Crippen LogP contribution in [0.4, 0.5) is 0 Å². The minimum atomic E-state index is 0.589. The number of nitrogens with zero attached hydrogens (tertiary/aromatic N) is 3. The molecule has 0 aliphatic carbocycles. The molecular formula is C13H12ClN3S. The topological polar surface area (TPSA) is 30.7 Å². The summed E-state index contributed by atoms with van der Waals surface area (Å²) in [5, 5.41) is 0. The smallest absolute Gasteiger partial charge is 0.111 e. The second-order valence-electron chi connectivity index (χ2n) is 4.01. The lowest BCUT2D eigenvalue weighted by Crippen LogP contribution is -2.04. The van der Waals surface area contributed by atoms with Gasteiger partial charge in [0, 0.05) is 23.4 Å². The van der Waals surface area contributed by atoms with E-state index in [0.717, 1.165) is 29.8 Å². The Morgan fingerprint density at radius 2 is 2.17 bits per heavy atom. The molecule has 0 saturated heterocycles. The van der Waals surface area contributed by atoms with Crippen LogP contribution in [-0.4, -0.2) is 20.4 Å². The zero-order valence-electron chi connectivity index (χ0n) is 9.71. The molecule has 0 amide bonds. The van der Waals surface area contributed by atoms with Crippen LogP contribution in [0.25, 0.3) is 11.0 Å². The highest BCUT2D eigenvalue weighted by molar-refractivity contribution is 7.09. The zero-order valence-corrected chi connectivity index (χ0v) is 11.3. The summed E-state index contributed by atoms with van der Waals surface area (Å²) >= 11 is 7.52. The second kappa shape index (κ2) is 5.08. The number of aromatic nitrogens is 3. The molecule has 92 valence electrons. The Bertz CT molecular complexity index is 645. The molecule has 0 saturated carbocycles. The minimum absolute atomic E-state index is 0.589. The lowest BCUT2D eigenvalue weighted by Gasteiger charge is -2.06. The molecular weight excluding hydrogens is 266 g/mol. The second-order valence-corrected chi connectivity index (χ2v) is 5.36. The number of hydrogen-bond acceptors (Lipinski definition) is 3. The van der Waals surface area contributed by atoms with Crippen molar-refractivity contribution >= 4 is 34.0 Å². The van der Waals surface area contributed by atoms with Crippen molar-refractivity contribution in [1.82, 2.24) is 14.5 Å². The monoisotopic (exact) mass is 277 g/mol. The van der Waals surface area contributed by atoms with Crippen LogP contribution in [0.3, 0.4) is 0 Å². The molecule has 0 N–H and O–H groups in total. The summed E-state index contributed by atoms with van der Waals surface area (Å²) < 4.78 is 2.23. The summed E-state index contributed by atoms with van der Waals surface area (Å²) in [6, 6.07) is 8.19. The van der Waals surface area contributed by atoms with E-state index in [1.165, 1.54) is 4.88 Å². The third kappa shape index (κ3) is 2.13.